The lowest BCUT2D eigenvalue weighted by atomic mass is 10.1. The van der Waals surface area contributed by atoms with E-state index in [-0.39, 0.29) is 28.4 Å². The van der Waals surface area contributed by atoms with Gasteiger partial charge in [0.2, 0.25) is 10.0 Å². The quantitative estimate of drug-likeness (QED) is 0.727. The summed E-state index contributed by atoms with van der Waals surface area (Å²) in [5.74, 6) is -0.623. The molecule has 0 unspecified atom stereocenters. The summed E-state index contributed by atoms with van der Waals surface area (Å²) in [6, 6.07) is 12.6. The van der Waals surface area contributed by atoms with E-state index in [0.717, 1.165) is 12.8 Å². The summed E-state index contributed by atoms with van der Waals surface area (Å²) in [6.45, 7) is 3.56. The van der Waals surface area contributed by atoms with Crippen LogP contribution >= 0.6 is 0 Å². The molecule has 0 radical (unpaired) electrons. The standard InChI is InChI=1S/C21H25N3O4S/c1-14(2)24(3)29(27,28)19-9-5-7-16(13-19)21(26)23-18-8-4-6-15(12-18)20(25)22-17-10-11-17/h4-9,12-14,17H,10-11H2,1-3H3,(H,22,25)(H,23,26). The second-order valence-electron chi connectivity index (χ2n) is 7.43. The van der Waals surface area contributed by atoms with Crippen LogP contribution < -0.4 is 10.6 Å². The molecule has 0 atom stereocenters. The van der Waals surface area contributed by atoms with E-state index < -0.39 is 15.9 Å². The predicted octanol–water partition coefficient (Wildman–Crippen LogP) is 2.86. The van der Waals surface area contributed by atoms with Crippen LogP contribution in [0.15, 0.2) is 53.4 Å². The largest absolute Gasteiger partial charge is 0.349 e. The minimum Gasteiger partial charge on any atom is -0.349 e. The Bertz CT molecular complexity index is 1030. The van der Waals surface area contributed by atoms with E-state index in [1.165, 1.54) is 29.6 Å². The van der Waals surface area contributed by atoms with Crippen molar-refractivity contribution in [1.82, 2.24) is 9.62 Å². The van der Waals surface area contributed by atoms with E-state index in [9.17, 15) is 18.0 Å². The van der Waals surface area contributed by atoms with Gasteiger partial charge in [0, 0.05) is 35.9 Å². The average Bonchev–Trinajstić information content (AvgIpc) is 3.51. The molecule has 2 aromatic rings. The molecule has 154 valence electrons. The van der Waals surface area contributed by atoms with Crippen molar-refractivity contribution in [3.63, 3.8) is 0 Å². The second-order valence-corrected chi connectivity index (χ2v) is 9.42. The first kappa shape index (κ1) is 21.0. The first-order chi connectivity index (χ1) is 13.7. The van der Waals surface area contributed by atoms with E-state index in [4.69, 9.17) is 0 Å². The summed E-state index contributed by atoms with van der Waals surface area (Å²) >= 11 is 0. The zero-order chi connectivity index (χ0) is 21.2. The molecule has 0 saturated heterocycles. The first-order valence-corrected chi connectivity index (χ1v) is 10.9. The predicted molar refractivity (Wildman–Crippen MR) is 111 cm³/mol. The fraction of sp³-hybridized carbons (Fsp3) is 0.333. The Morgan fingerprint density at radius 1 is 1.00 bits per heavy atom. The zero-order valence-corrected chi connectivity index (χ0v) is 17.5. The van der Waals surface area contributed by atoms with Gasteiger partial charge in [-0.2, -0.15) is 4.31 Å². The van der Waals surface area contributed by atoms with Gasteiger partial charge in [-0.15, -0.1) is 0 Å². The van der Waals surface area contributed by atoms with Crippen molar-refractivity contribution >= 4 is 27.5 Å². The molecule has 29 heavy (non-hydrogen) atoms. The number of anilines is 1. The van der Waals surface area contributed by atoms with Crippen LogP contribution in [0.25, 0.3) is 0 Å². The third kappa shape index (κ3) is 5.02. The number of nitrogens with one attached hydrogen (secondary N) is 2. The molecule has 0 heterocycles. The van der Waals surface area contributed by atoms with Crippen molar-refractivity contribution in [3.05, 3.63) is 59.7 Å². The Morgan fingerprint density at radius 3 is 2.24 bits per heavy atom. The van der Waals surface area contributed by atoms with E-state index in [1.807, 2.05) is 0 Å². The van der Waals surface area contributed by atoms with Crippen LogP contribution in [0, 0.1) is 0 Å². The second kappa shape index (κ2) is 8.34. The van der Waals surface area contributed by atoms with E-state index in [1.54, 1.807) is 44.2 Å². The number of amides is 2. The van der Waals surface area contributed by atoms with Crippen molar-refractivity contribution in [2.75, 3.05) is 12.4 Å². The van der Waals surface area contributed by atoms with Crippen LogP contribution in [-0.2, 0) is 10.0 Å². The lowest BCUT2D eigenvalue weighted by Crippen LogP contribution is -2.33. The highest BCUT2D eigenvalue weighted by molar-refractivity contribution is 7.89. The molecule has 0 aliphatic heterocycles. The molecule has 1 fully saturated rings. The molecule has 0 aromatic heterocycles. The number of carbonyl (C=O) groups is 2. The minimum absolute atomic E-state index is 0.0545. The number of sulfonamides is 1. The number of benzene rings is 2. The van der Waals surface area contributed by atoms with Gasteiger partial charge in [-0.3, -0.25) is 9.59 Å². The number of hydrogen-bond donors (Lipinski definition) is 2. The molecule has 1 aliphatic rings. The average molecular weight is 416 g/mol. The van der Waals surface area contributed by atoms with Gasteiger partial charge in [0.25, 0.3) is 11.8 Å². The number of rotatable bonds is 7. The van der Waals surface area contributed by atoms with Gasteiger partial charge in [-0.1, -0.05) is 12.1 Å². The highest BCUT2D eigenvalue weighted by Gasteiger charge is 2.25. The first-order valence-electron chi connectivity index (χ1n) is 9.49. The molecule has 2 amide bonds. The van der Waals surface area contributed by atoms with Crippen LogP contribution in [-0.4, -0.2) is 43.7 Å². The molecule has 1 aliphatic carbocycles. The zero-order valence-electron chi connectivity index (χ0n) is 16.7. The third-order valence-corrected chi connectivity index (χ3v) is 6.83. The van der Waals surface area contributed by atoms with Crippen molar-refractivity contribution < 1.29 is 18.0 Å². The highest BCUT2D eigenvalue weighted by atomic mass is 32.2. The van der Waals surface area contributed by atoms with E-state index in [0.29, 0.717) is 11.3 Å². The summed E-state index contributed by atoms with van der Waals surface area (Å²) in [7, 11) is -2.19. The van der Waals surface area contributed by atoms with E-state index >= 15 is 0 Å². The Hall–Kier alpha value is -2.71. The molecule has 0 bridgehead atoms. The Kier molecular flexibility index (Phi) is 6.04. The van der Waals surface area contributed by atoms with Gasteiger partial charge >= 0.3 is 0 Å². The fourth-order valence-corrected chi connectivity index (χ4v) is 4.09. The Balaban J connectivity index is 1.77. The highest BCUT2D eigenvalue weighted by Crippen LogP contribution is 2.21. The SMILES string of the molecule is CC(C)N(C)S(=O)(=O)c1cccc(C(=O)Nc2cccc(C(=O)NC3CC3)c2)c1. The van der Waals surface area contributed by atoms with Gasteiger partial charge in [-0.05, 0) is 63.1 Å². The fourth-order valence-electron chi connectivity index (χ4n) is 2.68. The molecular formula is C21H25N3O4S. The van der Waals surface area contributed by atoms with E-state index in [2.05, 4.69) is 10.6 Å². The van der Waals surface area contributed by atoms with Gasteiger partial charge in [-0.25, -0.2) is 8.42 Å². The Labute approximate surface area is 171 Å². The van der Waals surface area contributed by atoms with Crippen LogP contribution in [0.3, 0.4) is 0 Å². The van der Waals surface area contributed by atoms with Crippen LogP contribution in [0.1, 0.15) is 47.4 Å². The van der Waals surface area contributed by atoms with Crippen LogP contribution in [0.5, 0.6) is 0 Å². The van der Waals surface area contributed by atoms with Gasteiger partial charge in [0.05, 0.1) is 4.90 Å². The molecule has 7 nitrogen and oxygen atoms in total. The van der Waals surface area contributed by atoms with Crippen LogP contribution in [0.2, 0.25) is 0 Å². The van der Waals surface area contributed by atoms with Gasteiger partial charge in [0.15, 0.2) is 0 Å². The maximum atomic E-state index is 12.7. The van der Waals surface area contributed by atoms with Crippen LogP contribution in [0.4, 0.5) is 5.69 Å². The summed E-state index contributed by atoms with van der Waals surface area (Å²) in [6.07, 6.45) is 1.99. The van der Waals surface area contributed by atoms with Gasteiger partial charge in [0.1, 0.15) is 0 Å². The van der Waals surface area contributed by atoms with Crippen molar-refractivity contribution in [2.24, 2.45) is 0 Å². The molecular weight excluding hydrogens is 390 g/mol. The third-order valence-electron chi connectivity index (χ3n) is 4.80. The Morgan fingerprint density at radius 2 is 1.62 bits per heavy atom. The molecule has 0 spiro atoms. The lowest BCUT2D eigenvalue weighted by molar-refractivity contribution is 0.0949. The van der Waals surface area contributed by atoms with Crippen molar-refractivity contribution in [3.8, 4) is 0 Å². The van der Waals surface area contributed by atoms with Gasteiger partial charge < -0.3 is 10.6 Å². The maximum Gasteiger partial charge on any atom is 0.255 e. The summed E-state index contributed by atoms with van der Waals surface area (Å²) < 4.78 is 26.6. The van der Waals surface area contributed by atoms with Crippen molar-refractivity contribution in [2.45, 2.75) is 43.7 Å². The normalized spacial score (nSPS) is 14.1. The smallest absolute Gasteiger partial charge is 0.255 e. The molecule has 3 rings (SSSR count). The number of carbonyl (C=O) groups excluding carboxylic acids is 2. The maximum absolute atomic E-state index is 12.7. The molecule has 2 N–H and O–H groups in total. The number of hydrogen-bond acceptors (Lipinski definition) is 4. The van der Waals surface area contributed by atoms with Crippen molar-refractivity contribution in [1.29, 1.82) is 0 Å². The number of nitrogens with zero attached hydrogens (tertiary/aromatic N) is 1. The monoisotopic (exact) mass is 415 g/mol. The summed E-state index contributed by atoms with van der Waals surface area (Å²) in [5, 5.41) is 5.63. The molecule has 8 heteroatoms. The topological polar surface area (TPSA) is 95.6 Å². The molecule has 2 aromatic carbocycles. The summed E-state index contributed by atoms with van der Waals surface area (Å²) in [5.41, 5.74) is 1.15. The lowest BCUT2D eigenvalue weighted by Gasteiger charge is -2.21. The minimum atomic E-state index is -3.69. The summed E-state index contributed by atoms with van der Waals surface area (Å²) in [4.78, 5) is 24.9. The molecule has 1 saturated carbocycles.